The molecule has 1 aliphatic heterocycles. The van der Waals surface area contributed by atoms with Crippen LogP contribution in [0.25, 0.3) is 0 Å². The second-order valence-electron chi connectivity index (χ2n) is 5.59. The van der Waals surface area contributed by atoms with Crippen LogP contribution < -0.4 is 5.73 Å². The molecule has 2 atom stereocenters. The van der Waals surface area contributed by atoms with E-state index in [1.54, 1.807) is 11.8 Å². The van der Waals surface area contributed by atoms with Crippen molar-refractivity contribution < 1.29 is 4.79 Å². The predicted octanol–water partition coefficient (Wildman–Crippen LogP) is 1.68. The Morgan fingerprint density at radius 1 is 1.55 bits per heavy atom. The first-order valence-corrected chi connectivity index (χ1v) is 8.69. The lowest BCUT2D eigenvalue weighted by Crippen LogP contribution is -2.43. The molecule has 1 heterocycles. The smallest absolute Gasteiger partial charge is 0.239 e. The normalized spacial score (nSPS) is 20.1. The summed E-state index contributed by atoms with van der Waals surface area (Å²) in [5, 5.41) is 0. The molecule has 1 rings (SSSR count). The lowest BCUT2D eigenvalue weighted by Gasteiger charge is -2.22. The van der Waals surface area contributed by atoms with Crippen LogP contribution in [-0.2, 0) is 4.79 Å². The fourth-order valence-electron chi connectivity index (χ4n) is 2.70. The number of thioether (sulfide) groups is 1. The van der Waals surface area contributed by atoms with Gasteiger partial charge >= 0.3 is 0 Å². The topological polar surface area (TPSA) is 49.6 Å². The third-order valence-electron chi connectivity index (χ3n) is 3.72. The van der Waals surface area contributed by atoms with E-state index in [9.17, 15) is 4.79 Å². The van der Waals surface area contributed by atoms with Crippen molar-refractivity contribution in [3.63, 3.8) is 0 Å². The molecule has 120 valence electrons. The van der Waals surface area contributed by atoms with E-state index in [2.05, 4.69) is 18.9 Å². The van der Waals surface area contributed by atoms with E-state index in [1.807, 2.05) is 11.2 Å². The van der Waals surface area contributed by atoms with Crippen LogP contribution in [0, 0.1) is 5.92 Å². The molecule has 0 radical (unpaired) electrons. The average Bonchev–Trinajstić information content (AvgIpc) is 2.83. The van der Waals surface area contributed by atoms with Gasteiger partial charge in [-0.1, -0.05) is 6.92 Å². The molecule has 2 N–H and O–H groups in total. The largest absolute Gasteiger partial charge is 0.341 e. The molecule has 1 fully saturated rings. The molecule has 1 amide bonds. The number of rotatable bonds is 8. The molecule has 20 heavy (non-hydrogen) atoms. The number of hydrogen-bond donors (Lipinski definition) is 1. The first kappa shape index (κ1) is 20.0. The zero-order chi connectivity index (χ0) is 14.3. The highest BCUT2D eigenvalue weighted by Crippen LogP contribution is 2.18. The minimum atomic E-state index is -0.306. The highest BCUT2D eigenvalue weighted by Gasteiger charge is 2.29. The molecule has 0 aromatic heterocycles. The summed E-state index contributed by atoms with van der Waals surface area (Å²) in [7, 11) is 2.16. The van der Waals surface area contributed by atoms with Gasteiger partial charge in [-0.2, -0.15) is 11.8 Å². The third kappa shape index (κ3) is 6.66. The maximum absolute atomic E-state index is 12.2. The van der Waals surface area contributed by atoms with Crippen LogP contribution in [-0.4, -0.2) is 67.0 Å². The fourth-order valence-corrected chi connectivity index (χ4v) is 3.19. The second-order valence-corrected chi connectivity index (χ2v) is 6.57. The molecule has 0 spiro atoms. The summed E-state index contributed by atoms with van der Waals surface area (Å²) in [6.07, 6.45) is 5.14. The van der Waals surface area contributed by atoms with Crippen LogP contribution >= 0.6 is 24.2 Å². The SMILES string of the molecule is CCCN(C)CC1CCN(C(=O)[C@@H](N)CCSC)C1.Cl. The molecule has 0 aromatic carbocycles. The summed E-state index contributed by atoms with van der Waals surface area (Å²) >= 11 is 1.75. The summed E-state index contributed by atoms with van der Waals surface area (Å²) in [5.74, 6) is 1.73. The van der Waals surface area contributed by atoms with E-state index in [0.29, 0.717) is 5.92 Å². The lowest BCUT2D eigenvalue weighted by molar-refractivity contribution is -0.131. The Kier molecular flexibility index (Phi) is 10.7. The minimum absolute atomic E-state index is 0. The number of carbonyl (C=O) groups is 1. The minimum Gasteiger partial charge on any atom is -0.341 e. The van der Waals surface area contributed by atoms with Gasteiger partial charge in [0.1, 0.15) is 0 Å². The molecule has 1 saturated heterocycles. The summed E-state index contributed by atoms with van der Waals surface area (Å²) < 4.78 is 0. The van der Waals surface area contributed by atoms with Crippen molar-refractivity contribution in [1.82, 2.24) is 9.80 Å². The van der Waals surface area contributed by atoms with Gasteiger partial charge < -0.3 is 15.5 Å². The second kappa shape index (κ2) is 10.7. The molecule has 1 unspecified atom stereocenters. The van der Waals surface area contributed by atoms with E-state index in [1.165, 1.54) is 6.42 Å². The lowest BCUT2D eigenvalue weighted by atomic mass is 10.1. The molecular formula is C14H30ClN3OS. The number of amides is 1. The van der Waals surface area contributed by atoms with Crippen molar-refractivity contribution in [3.05, 3.63) is 0 Å². The van der Waals surface area contributed by atoms with Crippen LogP contribution in [0.5, 0.6) is 0 Å². The van der Waals surface area contributed by atoms with Gasteiger partial charge in [0.05, 0.1) is 6.04 Å². The predicted molar refractivity (Wildman–Crippen MR) is 90.7 cm³/mol. The van der Waals surface area contributed by atoms with Gasteiger partial charge in [-0.25, -0.2) is 0 Å². The van der Waals surface area contributed by atoms with Gasteiger partial charge in [0, 0.05) is 19.6 Å². The summed E-state index contributed by atoms with van der Waals surface area (Å²) in [5.41, 5.74) is 5.96. The standard InChI is InChI=1S/C14H29N3OS.ClH/c1-4-7-16(2)10-12-5-8-17(11-12)14(18)13(15)6-9-19-3;/h12-13H,4-11,15H2,1-3H3;1H/t12?,13-;/m0./s1. The average molecular weight is 324 g/mol. The molecule has 6 heteroatoms. The van der Waals surface area contributed by atoms with E-state index >= 15 is 0 Å². The quantitative estimate of drug-likeness (QED) is 0.738. The van der Waals surface area contributed by atoms with Gasteiger partial charge in [-0.05, 0) is 50.8 Å². The first-order valence-electron chi connectivity index (χ1n) is 7.30. The summed E-state index contributed by atoms with van der Waals surface area (Å²) in [6.45, 7) is 6.21. The van der Waals surface area contributed by atoms with Gasteiger partial charge in [-0.15, -0.1) is 12.4 Å². The van der Waals surface area contributed by atoms with Crippen LogP contribution in [0.15, 0.2) is 0 Å². The van der Waals surface area contributed by atoms with Crippen molar-refractivity contribution in [3.8, 4) is 0 Å². The molecule has 0 bridgehead atoms. The molecule has 0 aromatic rings. The van der Waals surface area contributed by atoms with Crippen LogP contribution in [0.2, 0.25) is 0 Å². The Bertz CT molecular complexity index is 281. The maximum Gasteiger partial charge on any atom is 0.239 e. The molecule has 4 nitrogen and oxygen atoms in total. The Morgan fingerprint density at radius 3 is 2.85 bits per heavy atom. The molecule has 0 saturated carbocycles. The number of likely N-dealkylation sites (tertiary alicyclic amines) is 1. The van der Waals surface area contributed by atoms with Crippen molar-refractivity contribution >= 4 is 30.1 Å². The maximum atomic E-state index is 12.2. The van der Waals surface area contributed by atoms with Crippen molar-refractivity contribution in [1.29, 1.82) is 0 Å². The van der Waals surface area contributed by atoms with Crippen LogP contribution in [0.4, 0.5) is 0 Å². The van der Waals surface area contributed by atoms with Crippen LogP contribution in [0.3, 0.4) is 0 Å². The number of carbonyl (C=O) groups excluding carboxylic acids is 1. The number of hydrogen-bond acceptors (Lipinski definition) is 4. The van der Waals surface area contributed by atoms with Gasteiger partial charge in [-0.3, -0.25) is 4.79 Å². The Labute approximate surface area is 134 Å². The van der Waals surface area contributed by atoms with Crippen LogP contribution in [0.1, 0.15) is 26.2 Å². The van der Waals surface area contributed by atoms with Gasteiger partial charge in [0.15, 0.2) is 0 Å². The van der Waals surface area contributed by atoms with E-state index < -0.39 is 0 Å². The van der Waals surface area contributed by atoms with E-state index in [0.717, 1.165) is 44.8 Å². The molecular weight excluding hydrogens is 294 g/mol. The van der Waals surface area contributed by atoms with Crippen molar-refractivity contribution in [2.45, 2.75) is 32.2 Å². The van der Waals surface area contributed by atoms with Gasteiger partial charge in [0.25, 0.3) is 0 Å². The van der Waals surface area contributed by atoms with Crippen molar-refractivity contribution in [2.75, 3.05) is 45.2 Å². The Balaban J connectivity index is 0.00000361. The zero-order valence-corrected chi connectivity index (χ0v) is 14.6. The third-order valence-corrected chi connectivity index (χ3v) is 4.37. The number of nitrogens with two attached hydrogens (primary N) is 1. The zero-order valence-electron chi connectivity index (χ0n) is 13.0. The highest BCUT2D eigenvalue weighted by molar-refractivity contribution is 7.98. The Morgan fingerprint density at radius 2 is 2.25 bits per heavy atom. The first-order chi connectivity index (χ1) is 9.08. The summed E-state index contributed by atoms with van der Waals surface area (Å²) in [4.78, 5) is 16.5. The van der Waals surface area contributed by atoms with E-state index in [4.69, 9.17) is 5.73 Å². The van der Waals surface area contributed by atoms with Crippen molar-refractivity contribution in [2.24, 2.45) is 11.7 Å². The fraction of sp³-hybridized carbons (Fsp3) is 0.929. The molecule has 0 aliphatic carbocycles. The Hall–Kier alpha value is 0.0300. The highest BCUT2D eigenvalue weighted by atomic mass is 35.5. The van der Waals surface area contributed by atoms with E-state index in [-0.39, 0.29) is 24.4 Å². The monoisotopic (exact) mass is 323 g/mol. The summed E-state index contributed by atoms with van der Waals surface area (Å²) in [6, 6.07) is -0.306. The van der Waals surface area contributed by atoms with Gasteiger partial charge in [0.2, 0.25) is 5.91 Å². The molecule has 1 aliphatic rings. The number of halogens is 1. The number of nitrogens with zero attached hydrogens (tertiary/aromatic N) is 2.